The molecule has 0 saturated heterocycles. The lowest BCUT2D eigenvalue weighted by atomic mass is 10.0. The minimum absolute atomic E-state index is 0.545. The summed E-state index contributed by atoms with van der Waals surface area (Å²) in [7, 11) is -4.31. The maximum atomic E-state index is 10.3. The first-order chi connectivity index (χ1) is 4.83. The molecule has 0 rings (SSSR count). The van der Waals surface area contributed by atoms with Crippen molar-refractivity contribution in [2.45, 2.75) is 39.2 Å². The lowest BCUT2D eigenvalue weighted by molar-refractivity contribution is 0.0729. The van der Waals surface area contributed by atoms with Gasteiger partial charge in [-0.05, 0) is 19.8 Å². The Hall–Kier alpha value is -0.130. The first-order valence-electron chi connectivity index (χ1n) is 3.51. The van der Waals surface area contributed by atoms with Gasteiger partial charge in [-0.3, -0.25) is 4.55 Å². The Bertz CT molecular complexity index is 203. The van der Waals surface area contributed by atoms with Crippen LogP contribution in [-0.2, 0) is 14.6 Å². The van der Waals surface area contributed by atoms with Crippen LogP contribution in [0.15, 0.2) is 0 Å². The van der Waals surface area contributed by atoms with Gasteiger partial charge in [0.15, 0.2) is 0 Å². The van der Waals surface area contributed by atoms with E-state index in [0.29, 0.717) is 12.8 Å². The quantitative estimate of drug-likeness (QED) is 0.667. The molecule has 5 heteroatoms. The Morgan fingerprint density at radius 3 is 1.82 bits per heavy atom. The van der Waals surface area contributed by atoms with Crippen LogP contribution in [0, 0.1) is 0 Å². The van der Waals surface area contributed by atoms with Crippen molar-refractivity contribution < 1.29 is 17.2 Å². The van der Waals surface area contributed by atoms with E-state index < -0.39 is 16.0 Å². The van der Waals surface area contributed by atoms with Gasteiger partial charge in [0.1, 0.15) is 0 Å². The molecule has 0 bridgehead atoms. The molecule has 0 spiro atoms. The third-order valence-electron chi connectivity index (χ3n) is 1.80. The number of hydrogen-bond donors (Lipinski definition) is 1. The second-order valence-electron chi connectivity index (χ2n) is 2.67. The van der Waals surface area contributed by atoms with E-state index in [2.05, 4.69) is 4.18 Å². The number of rotatable bonds is 4. The van der Waals surface area contributed by atoms with E-state index in [1.54, 1.807) is 20.8 Å². The van der Waals surface area contributed by atoms with E-state index in [4.69, 9.17) is 4.55 Å². The summed E-state index contributed by atoms with van der Waals surface area (Å²) in [6, 6.07) is 0. The predicted octanol–water partition coefficient (Wildman–Crippen LogP) is 1.38. The summed E-state index contributed by atoms with van der Waals surface area (Å²) in [5.74, 6) is 0. The van der Waals surface area contributed by atoms with Crippen LogP contribution in [0.5, 0.6) is 0 Å². The van der Waals surface area contributed by atoms with Crippen molar-refractivity contribution in [1.29, 1.82) is 0 Å². The molecule has 0 aliphatic heterocycles. The molecule has 0 aromatic rings. The third kappa shape index (κ3) is 4.34. The van der Waals surface area contributed by atoms with Gasteiger partial charge in [0.2, 0.25) is 0 Å². The second kappa shape index (κ2) is 3.51. The van der Waals surface area contributed by atoms with E-state index in [1.807, 2.05) is 0 Å². The van der Waals surface area contributed by atoms with Gasteiger partial charge >= 0.3 is 10.4 Å². The molecule has 0 amide bonds. The third-order valence-corrected chi connectivity index (χ3v) is 2.42. The Labute approximate surface area is 67.5 Å². The standard InChI is InChI=1S/C6H14O4S/c1-4-6(3,5-2)10-11(7,8)9/h4-5H2,1-3H3,(H,7,8,9). The Kier molecular flexibility index (Phi) is 3.47. The molecule has 0 saturated carbocycles. The first-order valence-corrected chi connectivity index (χ1v) is 4.87. The highest BCUT2D eigenvalue weighted by atomic mass is 32.3. The van der Waals surface area contributed by atoms with E-state index >= 15 is 0 Å². The van der Waals surface area contributed by atoms with Crippen LogP contribution in [0.2, 0.25) is 0 Å². The molecule has 0 aliphatic rings. The summed E-state index contributed by atoms with van der Waals surface area (Å²) in [5.41, 5.74) is -0.770. The Morgan fingerprint density at radius 2 is 1.73 bits per heavy atom. The van der Waals surface area contributed by atoms with Crippen molar-refractivity contribution in [3.05, 3.63) is 0 Å². The van der Waals surface area contributed by atoms with Crippen molar-refractivity contribution >= 4 is 10.4 Å². The van der Waals surface area contributed by atoms with Gasteiger partial charge in [-0.15, -0.1) is 0 Å². The van der Waals surface area contributed by atoms with Gasteiger partial charge in [-0.1, -0.05) is 13.8 Å². The molecule has 0 radical (unpaired) electrons. The van der Waals surface area contributed by atoms with Gasteiger partial charge in [-0.25, -0.2) is 4.18 Å². The molecule has 0 aromatic carbocycles. The van der Waals surface area contributed by atoms with Gasteiger partial charge < -0.3 is 0 Å². The highest BCUT2D eigenvalue weighted by Gasteiger charge is 2.26. The summed E-state index contributed by atoms with van der Waals surface area (Å²) < 4.78 is 33.4. The van der Waals surface area contributed by atoms with Gasteiger partial charge in [0, 0.05) is 0 Å². The van der Waals surface area contributed by atoms with E-state index in [-0.39, 0.29) is 0 Å². The van der Waals surface area contributed by atoms with Crippen molar-refractivity contribution in [3.8, 4) is 0 Å². The van der Waals surface area contributed by atoms with Crippen LogP contribution in [0.4, 0.5) is 0 Å². The Morgan fingerprint density at radius 1 is 1.36 bits per heavy atom. The maximum Gasteiger partial charge on any atom is 0.397 e. The normalized spacial score (nSPS) is 13.5. The van der Waals surface area contributed by atoms with E-state index in [9.17, 15) is 8.42 Å². The van der Waals surface area contributed by atoms with Crippen molar-refractivity contribution in [1.82, 2.24) is 0 Å². The molecule has 4 nitrogen and oxygen atoms in total. The van der Waals surface area contributed by atoms with Crippen LogP contribution in [0.1, 0.15) is 33.6 Å². The highest BCUT2D eigenvalue weighted by Crippen LogP contribution is 2.20. The van der Waals surface area contributed by atoms with E-state index in [1.165, 1.54) is 0 Å². The van der Waals surface area contributed by atoms with Crippen molar-refractivity contribution in [2.75, 3.05) is 0 Å². The molecule has 0 aromatic heterocycles. The molecule has 0 atom stereocenters. The molecular formula is C6H14O4S. The highest BCUT2D eigenvalue weighted by molar-refractivity contribution is 7.80. The van der Waals surface area contributed by atoms with Gasteiger partial charge in [0.25, 0.3) is 0 Å². The van der Waals surface area contributed by atoms with Crippen molar-refractivity contribution in [2.24, 2.45) is 0 Å². The fraction of sp³-hybridized carbons (Fsp3) is 1.00. The largest absolute Gasteiger partial charge is 0.397 e. The SMILES string of the molecule is CCC(C)(CC)OS(=O)(=O)O. The zero-order chi connectivity index (χ0) is 9.12. The Balaban J connectivity index is 4.32. The summed E-state index contributed by atoms with van der Waals surface area (Å²) in [5, 5.41) is 0. The minimum Gasteiger partial charge on any atom is -0.264 e. The second-order valence-corrected chi connectivity index (χ2v) is 3.69. The smallest absolute Gasteiger partial charge is 0.264 e. The molecule has 0 heterocycles. The summed E-state index contributed by atoms with van der Waals surface area (Å²) in [4.78, 5) is 0. The fourth-order valence-electron chi connectivity index (χ4n) is 0.622. The summed E-state index contributed by atoms with van der Waals surface area (Å²) >= 11 is 0. The lowest BCUT2D eigenvalue weighted by Gasteiger charge is -2.23. The maximum absolute atomic E-state index is 10.3. The molecule has 0 fully saturated rings. The van der Waals surface area contributed by atoms with Crippen LogP contribution >= 0.6 is 0 Å². The van der Waals surface area contributed by atoms with Crippen LogP contribution < -0.4 is 0 Å². The fourth-order valence-corrected chi connectivity index (χ4v) is 1.37. The summed E-state index contributed by atoms with van der Waals surface area (Å²) in [6.07, 6.45) is 1.09. The zero-order valence-corrected chi connectivity index (χ0v) is 7.81. The first kappa shape index (κ1) is 10.9. The molecule has 0 unspecified atom stereocenters. The van der Waals surface area contributed by atoms with Crippen LogP contribution in [0.25, 0.3) is 0 Å². The van der Waals surface area contributed by atoms with Crippen molar-refractivity contribution in [3.63, 3.8) is 0 Å². The van der Waals surface area contributed by atoms with Gasteiger partial charge in [0.05, 0.1) is 5.60 Å². The van der Waals surface area contributed by atoms with Crippen LogP contribution in [0.3, 0.4) is 0 Å². The topological polar surface area (TPSA) is 63.6 Å². The average Bonchev–Trinajstić information content (AvgIpc) is 1.84. The number of hydrogen-bond acceptors (Lipinski definition) is 3. The monoisotopic (exact) mass is 182 g/mol. The van der Waals surface area contributed by atoms with Gasteiger partial charge in [-0.2, -0.15) is 8.42 Å². The molecule has 1 N–H and O–H groups in total. The summed E-state index contributed by atoms with van der Waals surface area (Å²) in [6.45, 7) is 5.24. The molecule has 0 aliphatic carbocycles. The van der Waals surface area contributed by atoms with Crippen LogP contribution in [-0.4, -0.2) is 18.6 Å². The van der Waals surface area contributed by atoms with E-state index in [0.717, 1.165) is 0 Å². The zero-order valence-electron chi connectivity index (χ0n) is 6.99. The minimum atomic E-state index is -4.31. The average molecular weight is 182 g/mol. The lowest BCUT2D eigenvalue weighted by Crippen LogP contribution is -2.29. The molecule has 68 valence electrons. The predicted molar refractivity (Wildman–Crippen MR) is 41.6 cm³/mol. The molecule has 11 heavy (non-hydrogen) atoms. The molecular weight excluding hydrogens is 168 g/mol.